The zero-order valence-corrected chi connectivity index (χ0v) is 25.7. The van der Waals surface area contributed by atoms with Crippen LogP contribution in [0.1, 0.15) is 17.2 Å². The number of benzene rings is 2. The molecule has 1 aromatic heterocycles. The predicted octanol–water partition coefficient (Wildman–Crippen LogP) is 3.22. The molecule has 3 heterocycles. The number of fused-ring (bicyclic) bond motifs is 1. The van der Waals surface area contributed by atoms with E-state index in [1.54, 1.807) is 7.05 Å². The number of carbonyl (C=O) groups excluding carboxylic acids is 3. The third-order valence-electron chi connectivity index (χ3n) is 6.62. The standard InChI is InChI=1S/C27H24BrN7O6S2/c1-34-27(30-32-33-34)43-14-17-13-42-25-20(29-23(37)19(31-40)18(36)12-28)24(38)35(25)21(17)26(39)41-22(15-8-4-2-5-9-15)16-10-6-3-7-11-16/h2-11,20,22,25,36H,12-14H2,1H3,(H,29,37)/t20?,25-/m0/s1. The van der Waals surface area contributed by atoms with Crippen molar-refractivity contribution in [3.05, 3.63) is 99.4 Å². The summed E-state index contributed by atoms with van der Waals surface area (Å²) >= 11 is 5.61. The Kier molecular flexibility index (Phi) is 9.57. The first kappa shape index (κ1) is 30.4. The Balaban J connectivity index is 1.45. The van der Waals surface area contributed by atoms with Crippen LogP contribution in [0, 0.1) is 4.91 Å². The van der Waals surface area contributed by atoms with Crippen LogP contribution in [0.2, 0.25) is 0 Å². The zero-order valence-electron chi connectivity index (χ0n) is 22.5. The third-order valence-corrected chi connectivity index (χ3v) is 9.59. The van der Waals surface area contributed by atoms with Crippen molar-refractivity contribution in [2.24, 2.45) is 12.2 Å². The second-order valence-corrected chi connectivity index (χ2v) is 11.9. The highest BCUT2D eigenvalue weighted by molar-refractivity contribution is 9.09. The van der Waals surface area contributed by atoms with Crippen molar-refractivity contribution >= 4 is 57.2 Å². The largest absolute Gasteiger partial charge is 0.509 e. The van der Waals surface area contributed by atoms with Crippen LogP contribution in [-0.2, 0) is 26.2 Å². The van der Waals surface area contributed by atoms with Crippen molar-refractivity contribution in [2.45, 2.75) is 22.7 Å². The number of thioether (sulfide) groups is 2. The van der Waals surface area contributed by atoms with Crippen molar-refractivity contribution in [1.29, 1.82) is 0 Å². The summed E-state index contributed by atoms with van der Waals surface area (Å²) in [4.78, 5) is 52.6. The van der Waals surface area contributed by atoms with Gasteiger partial charge in [-0.25, -0.2) is 9.48 Å². The first-order valence-corrected chi connectivity index (χ1v) is 15.9. The Hall–Kier alpha value is -4.02. The Morgan fingerprint density at radius 3 is 2.40 bits per heavy atom. The molecule has 13 nitrogen and oxygen atoms in total. The molecule has 0 bridgehead atoms. The van der Waals surface area contributed by atoms with Gasteiger partial charge in [0, 0.05) is 18.6 Å². The van der Waals surface area contributed by atoms with E-state index < -0.39 is 46.8 Å². The van der Waals surface area contributed by atoms with E-state index in [4.69, 9.17) is 4.74 Å². The van der Waals surface area contributed by atoms with Gasteiger partial charge in [-0.3, -0.25) is 14.5 Å². The third kappa shape index (κ3) is 6.35. The summed E-state index contributed by atoms with van der Waals surface area (Å²) in [6.45, 7) is 0. The van der Waals surface area contributed by atoms with Gasteiger partial charge in [0.2, 0.25) is 10.9 Å². The van der Waals surface area contributed by atoms with Crippen molar-refractivity contribution in [1.82, 2.24) is 30.4 Å². The highest BCUT2D eigenvalue weighted by Gasteiger charge is 2.55. The number of nitrogens with zero attached hydrogens (tertiary/aromatic N) is 6. The molecule has 3 aromatic rings. The lowest BCUT2D eigenvalue weighted by Gasteiger charge is -2.49. The normalized spacial score (nSPS) is 18.5. The van der Waals surface area contributed by atoms with Crippen LogP contribution in [0.15, 0.2) is 93.7 Å². The van der Waals surface area contributed by atoms with Gasteiger partial charge in [0.25, 0.3) is 11.8 Å². The summed E-state index contributed by atoms with van der Waals surface area (Å²) in [6.07, 6.45) is -0.752. The number of ether oxygens (including phenoxy) is 1. The summed E-state index contributed by atoms with van der Waals surface area (Å²) in [7, 11) is 1.69. The highest BCUT2D eigenvalue weighted by Crippen LogP contribution is 2.42. The predicted molar refractivity (Wildman–Crippen MR) is 162 cm³/mol. The number of rotatable bonds is 11. The van der Waals surface area contributed by atoms with Crippen LogP contribution in [0.5, 0.6) is 0 Å². The van der Waals surface area contributed by atoms with E-state index in [1.807, 2.05) is 60.7 Å². The molecule has 2 amide bonds. The molecule has 2 aliphatic rings. The number of hydrogen-bond donors (Lipinski definition) is 2. The minimum Gasteiger partial charge on any atom is -0.509 e. The average Bonchev–Trinajstić information content (AvgIpc) is 3.45. The molecule has 222 valence electrons. The van der Waals surface area contributed by atoms with Gasteiger partial charge in [-0.2, -0.15) is 0 Å². The van der Waals surface area contributed by atoms with Gasteiger partial charge in [-0.1, -0.05) is 88.4 Å². The van der Waals surface area contributed by atoms with Crippen LogP contribution in [0.25, 0.3) is 0 Å². The maximum Gasteiger partial charge on any atom is 0.356 e. The van der Waals surface area contributed by atoms with Crippen LogP contribution < -0.4 is 5.32 Å². The first-order chi connectivity index (χ1) is 20.8. The number of hydrogen-bond acceptors (Lipinski definition) is 12. The Morgan fingerprint density at radius 1 is 1.19 bits per heavy atom. The summed E-state index contributed by atoms with van der Waals surface area (Å²) in [5, 5.41) is 26.1. The number of nitrogens with one attached hydrogen (secondary N) is 1. The first-order valence-electron chi connectivity index (χ1n) is 12.8. The lowest BCUT2D eigenvalue weighted by molar-refractivity contribution is -0.154. The lowest BCUT2D eigenvalue weighted by atomic mass is 10.0. The number of esters is 1. The average molecular weight is 687 g/mol. The van der Waals surface area contributed by atoms with Crippen molar-refractivity contribution in [3.8, 4) is 0 Å². The number of aryl methyl sites for hydroxylation is 1. The Morgan fingerprint density at radius 2 is 1.84 bits per heavy atom. The van der Waals surface area contributed by atoms with Gasteiger partial charge in [-0.15, -0.1) is 21.8 Å². The molecule has 16 heteroatoms. The van der Waals surface area contributed by atoms with E-state index >= 15 is 0 Å². The maximum atomic E-state index is 14.0. The van der Waals surface area contributed by atoms with E-state index in [-0.39, 0.29) is 11.0 Å². The minimum absolute atomic E-state index is 0.0753. The van der Waals surface area contributed by atoms with Crippen LogP contribution in [0.3, 0.4) is 0 Å². The van der Waals surface area contributed by atoms with Crippen LogP contribution in [-0.4, -0.2) is 76.2 Å². The molecule has 0 aliphatic carbocycles. The lowest BCUT2D eigenvalue weighted by Crippen LogP contribution is -2.70. The molecular weight excluding hydrogens is 662 g/mol. The molecule has 1 fully saturated rings. The molecule has 1 unspecified atom stereocenters. The van der Waals surface area contributed by atoms with Crippen molar-refractivity contribution in [2.75, 3.05) is 16.8 Å². The molecule has 2 aliphatic heterocycles. The van der Waals surface area contributed by atoms with E-state index in [2.05, 4.69) is 41.9 Å². The molecular formula is C27H24BrN7O6S2. The molecule has 2 N–H and O–H groups in total. The van der Waals surface area contributed by atoms with E-state index in [1.165, 1.54) is 33.1 Å². The number of aromatic nitrogens is 4. The van der Waals surface area contributed by atoms with Crippen LogP contribution >= 0.6 is 39.5 Å². The number of amides is 2. The second kappa shape index (κ2) is 13.5. The van der Waals surface area contributed by atoms with Gasteiger partial charge in [-0.05, 0) is 32.3 Å². The number of aliphatic hydroxyl groups is 1. The van der Waals surface area contributed by atoms with Gasteiger partial charge in [0.15, 0.2) is 6.10 Å². The smallest absolute Gasteiger partial charge is 0.356 e. The van der Waals surface area contributed by atoms with Gasteiger partial charge in [0.1, 0.15) is 22.9 Å². The van der Waals surface area contributed by atoms with Crippen LogP contribution in [0.4, 0.5) is 0 Å². The number of alkyl halides is 1. The minimum atomic E-state index is -1.06. The highest BCUT2D eigenvalue weighted by atomic mass is 79.9. The summed E-state index contributed by atoms with van der Waals surface area (Å²) in [6, 6.07) is 17.5. The SMILES string of the molecule is Cn1nnnc1SCC1=C(C(=O)OC(c2ccccc2)c2ccccc2)N2C(=O)C(NC(=O)C(N=O)=C(O)CBr)[C@@H]2SC1. The molecule has 1 saturated heterocycles. The molecule has 2 aromatic carbocycles. The maximum absolute atomic E-state index is 14.0. The fourth-order valence-corrected chi connectivity index (χ4v) is 7.12. The fraction of sp³-hybridized carbons (Fsp3) is 0.259. The van der Waals surface area contributed by atoms with E-state index in [9.17, 15) is 24.4 Å². The van der Waals surface area contributed by atoms with Gasteiger partial charge in [0.05, 0.1) is 5.33 Å². The molecule has 0 radical (unpaired) electrons. The summed E-state index contributed by atoms with van der Waals surface area (Å²) < 4.78 is 7.63. The molecule has 0 saturated carbocycles. The molecule has 0 spiro atoms. The number of aliphatic hydroxyl groups excluding tert-OH is 1. The second-order valence-electron chi connectivity index (χ2n) is 9.31. The number of carbonyl (C=O) groups is 3. The number of β-lactam (4-membered cyclic amide) rings is 1. The number of nitroso groups, excluding NO2 is 1. The van der Waals surface area contributed by atoms with Crippen molar-refractivity contribution in [3.63, 3.8) is 0 Å². The monoisotopic (exact) mass is 685 g/mol. The quantitative estimate of drug-likeness (QED) is 0.0578. The number of allylic oxidation sites excluding steroid dienone is 1. The van der Waals surface area contributed by atoms with E-state index in [0.29, 0.717) is 22.2 Å². The van der Waals surface area contributed by atoms with Gasteiger partial charge >= 0.3 is 5.97 Å². The molecule has 43 heavy (non-hydrogen) atoms. The Bertz CT molecular complexity index is 1560. The number of tetrazole rings is 1. The van der Waals surface area contributed by atoms with Gasteiger partial charge < -0.3 is 15.2 Å². The summed E-state index contributed by atoms with van der Waals surface area (Å²) in [5.74, 6) is -2.21. The zero-order chi connectivity index (χ0) is 30.5. The number of halogens is 1. The molecule has 2 atom stereocenters. The topological polar surface area (TPSA) is 169 Å². The Labute approximate surface area is 262 Å². The fourth-order valence-electron chi connectivity index (χ4n) is 4.52. The van der Waals surface area contributed by atoms with Crippen molar-refractivity contribution < 1.29 is 24.2 Å². The molecule has 5 rings (SSSR count). The summed E-state index contributed by atoms with van der Waals surface area (Å²) in [5.41, 5.74) is 1.47. The van der Waals surface area contributed by atoms with E-state index in [0.717, 1.165) is 11.1 Å².